The molecule has 0 aliphatic carbocycles. The van der Waals surface area contributed by atoms with E-state index in [0.717, 1.165) is 12.7 Å². The van der Waals surface area contributed by atoms with Crippen molar-refractivity contribution in [2.75, 3.05) is 26.2 Å². The monoisotopic (exact) mass is 433 g/mol. The minimum atomic E-state index is -4.64. The van der Waals surface area contributed by atoms with Crippen molar-refractivity contribution >= 4 is 17.8 Å². The Kier molecular flexibility index (Phi) is 10.1. The second-order valence-electron chi connectivity index (χ2n) is 8.32. The summed E-state index contributed by atoms with van der Waals surface area (Å²) in [6, 6.07) is 0. The standard InChI is InChI=1S/C16H36NO8PS/c1-9-16(6,7)13(2)25-14(11-23-12-24-26(18,19)20)10-17(15(3,4)5)27(8,21)22/h13-14H,9-12H2,1-8H3,(H2,18,19,20)/t13-,14-/m0/s1. The number of sulfonamides is 1. The van der Waals surface area contributed by atoms with Crippen LogP contribution in [0.5, 0.6) is 0 Å². The van der Waals surface area contributed by atoms with Crippen molar-refractivity contribution in [2.24, 2.45) is 5.41 Å². The molecule has 0 aromatic carbocycles. The third kappa shape index (κ3) is 10.9. The van der Waals surface area contributed by atoms with E-state index >= 15 is 0 Å². The van der Waals surface area contributed by atoms with Crippen molar-refractivity contribution in [2.45, 2.75) is 72.6 Å². The predicted molar refractivity (Wildman–Crippen MR) is 104 cm³/mol. The molecule has 0 unspecified atom stereocenters. The highest BCUT2D eigenvalue weighted by Crippen LogP contribution is 2.35. The van der Waals surface area contributed by atoms with Crippen molar-refractivity contribution in [3.63, 3.8) is 0 Å². The summed E-state index contributed by atoms with van der Waals surface area (Å²) in [6.07, 6.45) is 1.16. The number of hydrogen-bond acceptors (Lipinski definition) is 6. The lowest BCUT2D eigenvalue weighted by Crippen LogP contribution is -2.51. The summed E-state index contributed by atoms with van der Waals surface area (Å²) >= 11 is 0. The molecule has 164 valence electrons. The van der Waals surface area contributed by atoms with E-state index in [2.05, 4.69) is 4.52 Å². The first kappa shape index (κ1) is 26.9. The van der Waals surface area contributed by atoms with Crippen molar-refractivity contribution in [1.29, 1.82) is 0 Å². The lowest BCUT2D eigenvalue weighted by Gasteiger charge is -2.38. The van der Waals surface area contributed by atoms with Gasteiger partial charge in [0.05, 0.1) is 25.1 Å². The van der Waals surface area contributed by atoms with Gasteiger partial charge < -0.3 is 19.3 Å². The fraction of sp³-hybridized carbons (Fsp3) is 1.00. The molecule has 0 saturated carbocycles. The summed E-state index contributed by atoms with van der Waals surface area (Å²) in [5.74, 6) is 0. The average Bonchev–Trinajstić information content (AvgIpc) is 2.44. The molecule has 0 heterocycles. The Morgan fingerprint density at radius 3 is 2.04 bits per heavy atom. The zero-order valence-electron chi connectivity index (χ0n) is 17.6. The van der Waals surface area contributed by atoms with Crippen molar-refractivity contribution in [1.82, 2.24) is 4.31 Å². The maximum atomic E-state index is 12.2. The number of rotatable bonds is 12. The number of phosphoric acid groups is 1. The molecule has 0 bridgehead atoms. The topological polar surface area (TPSA) is 123 Å². The van der Waals surface area contributed by atoms with E-state index < -0.39 is 36.3 Å². The van der Waals surface area contributed by atoms with Crippen LogP contribution in [0, 0.1) is 5.41 Å². The number of nitrogens with zero attached hydrogens (tertiary/aromatic N) is 1. The Hall–Kier alpha value is -0.0600. The second kappa shape index (κ2) is 10.1. The number of phosphoric ester groups is 1. The van der Waals surface area contributed by atoms with Crippen molar-refractivity contribution < 1.29 is 36.8 Å². The quantitative estimate of drug-likeness (QED) is 0.273. The SMILES string of the molecule is CCC(C)(C)[C@H](C)O[C@H](COCOP(=O)(O)O)CN(C(C)(C)C)S(C)(=O)=O. The van der Waals surface area contributed by atoms with Crippen LogP contribution in [-0.2, 0) is 28.6 Å². The zero-order valence-corrected chi connectivity index (χ0v) is 19.3. The smallest absolute Gasteiger partial charge is 0.371 e. The molecule has 0 aliphatic rings. The summed E-state index contributed by atoms with van der Waals surface area (Å²) in [5, 5.41) is 0. The number of hydrogen-bond donors (Lipinski definition) is 2. The summed E-state index contributed by atoms with van der Waals surface area (Å²) in [7, 11) is -8.14. The van der Waals surface area contributed by atoms with Crippen LogP contribution in [-0.4, -0.2) is 66.5 Å². The summed E-state index contributed by atoms with van der Waals surface area (Å²) < 4.78 is 52.0. The number of ether oxygens (including phenoxy) is 2. The molecule has 2 atom stereocenters. The maximum absolute atomic E-state index is 12.2. The first-order valence-electron chi connectivity index (χ1n) is 8.81. The molecule has 11 heteroatoms. The lowest BCUT2D eigenvalue weighted by molar-refractivity contribution is -0.115. The molecule has 0 amide bonds. The van der Waals surface area contributed by atoms with Gasteiger partial charge in [-0.15, -0.1) is 0 Å². The molecule has 0 aromatic heterocycles. The van der Waals surface area contributed by atoms with E-state index in [1.165, 1.54) is 4.31 Å². The van der Waals surface area contributed by atoms with Gasteiger partial charge in [-0.3, -0.25) is 4.52 Å². The van der Waals surface area contributed by atoms with E-state index in [1.54, 1.807) is 20.8 Å². The van der Waals surface area contributed by atoms with Crippen molar-refractivity contribution in [3.05, 3.63) is 0 Å². The third-order valence-electron chi connectivity index (χ3n) is 4.53. The minimum Gasteiger partial charge on any atom is -0.371 e. The zero-order chi connectivity index (χ0) is 21.7. The molecule has 0 fully saturated rings. The van der Waals surface area contributed by atoms with Crippen LogP contribution in [0.15, 0.2) is 0 Å². The van der Waals surface area contributed by atoms with E-state index in [1.807, 2.05) is 27.7 Å². The summed E-state index contributed by atoms with van der Waals surface area (Å²) in [5.41, 5.74) is -0.806. The van der Waals surface area contributed by atoms with Gasteiger partial charge in [0.1, 0.15) is 0 Å². The van der Waals surface area contributed by atoms with Gasteiger partial charge in [0.25, 0.3) is 0 Å². The van der Waals surface area contributed by atoms with Crippen LogP contribution in [0.4, 0.5) is 0 Å². The van der Waals surface area contributed by atoms with Gasteiger partial charge in [-0.1, -0.05) is 20.8 Å². The molecule has 0 rings (SSSR count). The Bertz CT molecular complexity index is 596. The van der Waals surface area contributed by atoms with Gasteiger partial charge in [-0.2, -0.15) is 4.31 Å². The average molecular weight is 434 g/mol. The molecular weight excluding hydrogens is 397 g/mol. The van der Waals surface area contributed by atoms with Crippen LogP contribution in [0.3, 0.4) is 0 Å². The molecular formula is C16H36NO8PS. The molecule has 27 heavy (non-hydrogen) atoms. The molecule has 9 nitrogen and oxygen atoms in total. The molecule has 2 N–H and O–H groups in total. The van der Waals surface area contributed by atoms with Crippen LogP contribution in [0.1, 0.15) is 54.9 Å². The molecule has 0 radical (unpaired) electrons. The maximum Gasteiger partial charge on any atom is 0.471 e. The molecule has 0 aromatic rings. The van der Waals surface area contributed by atoms with Crippen molar-refractivity contribution in [3.8, 4) is 0 Å². The fourth-order valence-corrected chi connectivity index (χ4v) is 3.92. The van der Waals surface area contributed by atoms with Gasteiger partial charge in [-0.25, -0.2) is 13.0 Å². The lowest BCUT2D eigenvalue weighted by atomic mass is 9.84. The molecule has 0 saturated heterocycles. The summed E-state index contributed by atoms with van der Waals surface area (Å²) in [4.78, 5) is 17.4. The van der Waals surface area contributed by atoms with Gasteiger partial charge in [-0.05, 0) is 39.5 Å². The van der Waals surface area contributed by atoms with Gasteiger partial charge in [0, 0.05) is 12.1 Å². The van der Waals surface area contributed by atoms with Gasteiger partial charge >= 0.3 is 7.82 Å². The van der Waals surface area contributed by atoms with E-state index in [-0.39, 0.29) is 24.7 Å². The Labute approximate surface area is 163 Å². The van der Waals surface area contributed by atoms with E-state index in [9.17, 15) is 13.0 Å². The van der Waals surface area contributed by atoms with E-state index in [4.69, 9.17) is 19.3 Å². The normalized spacial score (nSPS) is 16.6. The largest absolute Gasteiger partial charge is 0.471 e. The predicted octanol–water partition coefficient (Wildman–Crippen LogP) is 2.34. The van der Waals surface area contributed by atoms with Crippen LogP contribution < -0.4 is 0 Å². The van der Waals surface area contributed by atoms with E-state index in [0.29, 0.717) is 0 Å². The van der Waals surface area contributed by atoms with Crippen LogP contribution in [0.2, 0.25) is 0 Å². The Morgan fingerprint density at radius 1 is 1.15 bits per heavy atom. The first-order valence-corrected chi connectivity index (χ1v) is 12.2. The highest BCUT2D eigenvalue weighted by atomic mass is 32.2. The Balaban J connectivity index is 5.29. The highest BCUT2D eigenvalue weighted by molar-refractivity contribution is 7.88. The highest BCUT2D eigenvalue weighted by Gasteiger charge is 2.34. The fourth-order valence-electron chi connectivity index (χ4n) is 2.27. The second-order valence-corrected chi connectivity index (χ2v) is 11.5. The molecule has 0 spiro atoms. The van der Waals surface area contributed by atoms with Crippen LogP contribution >= 0.6 is 7.82 Å². The first-order chi connectivity index (χ1) is 11.9. The Morgan fingerprint density at radius 2 is 1.67 bits per heavy atom. The van der Waals surface area contributed by atoms with Crippen LogP contribution in [0.25, 0.3) is 0 Å². The molecule has 0 aliphatic heterocycles. The minimum absolute atomic E-state index is 0.0440. The third-order valence-corrected chi connectivity index (χ3v) is 6.47. The van der Waals surface area contributed by atoms with Gasteiger partial charge in [0.2, 0.25) is 10.0 Å². The summed E-state index contributed by atoms with van der Waals surface area (Å²) in [6.45, 7) is 12.7. The van der Waals surface area contributed by atoms with Gasteiger partial charge in [0.15, 0.2) is 6.79 Å².